The first kappa shape index (κ1) is 21.4. The number of alkyl halides is 3. The fraction of sp³-hybridized carbons (Fsp3) is 0.316. The van der Waals surface area contributed by atoms with E-state index >= 15 is 0 Å². The topological polar surface area (TPSA) is 57.7 Å². The molecule has 0 bridgehead atoms. The van der Waals surface area contributed by atoms with Gasteiger partial charge in [0.05, 0.1) is 22.5 Å². The van der Waals surface area contributed by atoms with Gasteiger partial charge in [-0.15, -0.1) is 0 Å². The summed E-state index contributed by atoms with van der Waals surface area (Å²) in [4.78, 5) is 14.4. The maximum absolute atomic E-state index is 13.2. The van der Waals surface area contributed by atoms with Gasteiger partial charge in [0.1, 0.15) is 6.54 Å². The molecule has 0 radical (unpaired) electrons. The van der Waals surface area contributed by atoms with Gasteiger partial charge in [0.15, 0.2) is 0 Å². The molecule has 3 rings (SSSR count). The van der Waals surface area contributed by atoms with Crippen LogP contribution in [0.15, 0.2) is 42.5 Å². The van der Waals surface area contributed by atoms with Crippen molar-refractivity contribution in [2.45, 2.75) is 19.0 Å². The van der Waals surface area contributed by atoms with Gasteiger partial charge in [0.25, 0.3) is 0 Å². The maximum atomic E-state index is 13.2. The standard InChI is InChI=1S/C19H18ClF3N2O3S/c1-29(27,28)25(14-8-9-16(20)15(11-14)19(21,22)23)12-18(26)24-10-4-6-13-5-2-3-7-17(13)24/h2-3,5,7-9,11H,4,6,10,12H2,1H3. The number of rotatable bonds is 4. The van der Waals surface area contributed by atoms with Crippen molar-refractivity contribution < 1.29 is 26.4 Å². The number of aryl methyl sites for hydroxylation is 1. The van der Waals surface area contributed by atoms with Crippen molar-refractivity contribution in [3.05, 3.63) is 58.6 Å². The molecule has 5 nitrogen and oxygen atoms in total. The third-order valence-electron chi connectivity index (χ3n) is 4.63. The molecule has 0 aromatic heterocycles. The van der Waals surface area contributed by atoms with E-state index in [0.29, 0.717) is 29.0 Å². The van der Waals surface area contributed by atoms with Gasteiger partial charge in [-0.05, 0) is 42.7 Å². The Morgan fingerprint density at radius 1 is 1.21 bits per heavy atom. The van der Waals surface area contributed by atoms with Gasteiger partial charge in [0, 0.05) is 12.2 Å². The van der Waals surface area contributed by atoms with Gasteiger partial charge < -0.3 is 4.90 Å². The van der Waals surface area contributed by atoms with Gasteiger partial charge in [-0.3, -0.25) is 9.10 Å². The van der Waals surface area contributed by atoms with Crippen LogP contribution in [-0.2, 0) is 27.4 Å². The lowest BCUT2D eigenvalue weighted by Gasteiger charge is -2.32. The molecule has 1 aliphatic heterocycles. The first-order valence-electron chi connectivity index (χ1n) is 8.71. The molecule has 0 N–H and O–H groups in total. The zero-order valence-corrected chi connectivity index (χ0v) is 17.0. The Labute approximate surface area is 171 Å². The third kappa shape index (κ3) is 4.67. The summed E-state index contributed by atoms with van der Waals surface area (Å²) < 4.78 is 64.8. The van der Waals surface area contributed by atoms with Gasteiger partial charge in [0.2, 0.25) is 15.9 Å². The van der Waals surface area contributed by atoms with Crippen LogP contribution in [0, 0.1) is 0 Å². The van der Waals surface area contributed by atoms with E-state index in [0.717, 1.165) is 30.4 Å². The van der Waals surface area contributed by atoms with Crippen LogP contribution in [0.4, 0.5) is 24.5 Å². The zero-order chi connectivity index (χ0) is 21.4. The number of benzene rings is 2. The Morgan fingerprint density at radius 2 is 1.90 bits per heavy atom. The van der Waals surface area contributed by atoms with E-state index < -0.39 is 39.2 Å². The van der Waals surface area contributed by atoms with Crippen LogP contribution in [0.25, 0.3) is 0 Å². The molecule has 29 heavy (non-hydrogen) atoms. The first-order chi connectivity index (χ1) is 13.5. The number of sulfonamides is 1. The molecule has 156 valence electrons. The Bertz CT molecular complexity index is 1040. The number of fused-ring (bicyclic) bond motifs is 1. The van der Waals surface area contributed by atoms with Gasteiger partial charge in [-0.1, -0.05) is 29.8 Å². The molecule has 1 heterocycles. The average molecular weight is 447 g/mol. The molecule has 0 fully saturated rings. The van der Waals surface area contributed by atoms with Gasteiger partial charge >= 0.3 is 6.18 Å². The molecule has 0 unspecified atom stereocenters. The molecule has 0 aliphatic carbocycles. The summed E-state index contributed by atoms with van der Waals surface area (Å²) in [7, 11) is -4.03. The highest BCUT2D eigenvalue weighted by Gasteiger charge is 2.35. The number of amides is 1. The number of anilines is 2. The van der Waals surface area contributed by atoms with Crippen molar-refractivity contribution in [2.75, 3.05) is 28.6 Å². The average Bonchev–Trinajstić information content (AvgIpc) is 2.64. The fourth-order valence-electron chi connectivity index (χ4n) is 3.29. The summed E-state index contributed by atoms with van der Waals surface area (Å²) >= 11 is 5.62. The van der Waals surface area contributed by atoms with Crippen LogP contribution in [0.1, 0.15) is 17.5 Å². The van der Waals surface area contributed by atoms with Crippen molar-refractivity contribution in [3.63, 3.8) is 0 Å². The van der Waals surface area contributed by atoms with Gasteiger partial charge in [-0.2, -0.15) is 13.2 Å². The quantitative estimate of drug-likeness (QED) is 0.710. The normalized spacial score (nSPS) is 14.4. The maximum Gasteiger partial charge on any atom is 0.417 e. The second-order valence-corrected chi connectivity index (χ2v) is 9.02. The van der Waals surface area contributed by atoms with Crippen molar-refractivity contribution >= 4 is 38.9 Å². The largest absolute Gasteiger partial charge is 0.417 e. The minimum absolute atomic E-state index is 0.275. The Hall–Kier alpha value is -2.26. The molecular formula is C19H18ClF3N2O3S. The number of carbonyl (C=O) groups is 1. The highest BCUT2D eigenvalue weighted by Crippen LogP contribution is 2.37. The van der Waals surface area contributed by atoms with Crippen molar-refractivity contribution in [1.29, 1.82) is 0 Å². The number of halogens is 4. The van der Waals surface area contributed by atoms with Crippen LogP contribution < -0.4 is 9.21 Å². The molecule has 0 saturated carbocycles. The Balaban J connectivity index is 1.96. The molecular weight excluding hydrogens is 429 g/mol. The van der Waals surface area contributed by atoms with E-state index in [1.807, 2.05) is 12.1 Å². The first-order valence-corrected chi connectivity index (χ1v) is 10.9. The molecule has 0 spiro atoms. The van der Waals surface area contributed by atoms with Crippen LogP contribution >= 0.6 is 11.6 Å². The zero-order valence-electron chi connectivity index (χ0n) is 15.4. The molecule has 10 heteroatoms. The summed E-state index contributed by atoms with van der Waals surface area (Å²) in [5.41, 5.74) is 0.206. The molecule has 1 aliphatic rings. The Kier molecular flexibility index (Phi) is 5.82. The minimum atomic E-state index is -4.76. The summed E-state index contributed by atoms with van der Waals surface area (Å²) in [5, 5.41) is -0.550. The van der Waals surface area contributed by atoms with E-state index in [-0.39, 0.29) is 5.69 Å². The Morgan fingerprint density at radius 3 is 2.55 bits per heavy atom. The number of hydrogen-bond donors (Lipinski definition) is 0. The molecule has 0 atom stereocenters. The predicted molar refractivity (Wildman–Crippen MR) is 106 cm³/mol. The van der Waals surface area contributed by atoms with E-state index in [4.69, 9.17) is 11.6 Å². The van der Waals surface area contributed by atoms with Crippen LogP contribution in [-0.4, -0.2) is 33.7 Å². The smallest absolute Gasteiger partial charge is 0.311 e. The highest BCUT2D eigenvalue weighted by molar-refractivity contribution is 7.92. The van der Waals surface area contributed by atoms with Crippen LogP contribution in [0.2, 0.25) is 5.02 Å². The summed E-state index contributed by atoms with van der Waals surface area (Å²) in [6.45, 7) is -0.214. The minimum Gasteiger partial charge on any atom is -0.311 e. The molecule has 0 saturated heterocycles. The van der Waals surface area contributed by atoms with Crippen molar-refractivity contribution in [2.24, 2.45) is 0 Å². The summed E-state index contributed by atoms with van der Waals surface area (Å²) in [6.07, 6.45) is -2.42. The molecule has 1 amide bonds. The number of hydrogen-bond acceptors (Lipinski definition) is 3. The fourth-order valence-corrected chi connectivity index (χ4v) is 4.35. The van der Waals surface area contributed by atoms with E-state index in [1.165, 1.54) is 4.90 Å². The van der Waals surface area contributed by atoms with Crippen molar-refractivity contribution in [3.8, 4) is 0 Å². The second-order valence-electron chi connectivity index (χ2n) is 6.71. The van der Waals surface area contributed by atoms with E-state index in [2.05, 4.69) is 0 Å². The lowest BCUT2D eigenvalue weighted by Crippen LogP contribution is -2.44. The number of carbonyl (C=O) groups excluding carboxylic acids is 1. The van der Waals surface area contributed by atoms with E-state index in [9.17, 15) is 26.4 Å². The van der Waals surface area contributed by atoms with Gasteiger partial charge in [-0.25, -0.2) is 8.42 Å². The highest BCUT2D eigenvalue weighted by atomic mass is 35.5. The number of para-hydroxylation sites is 1. The molecule has 2 aromatic rings. The summed E-state index contributed by atoms with van der Waals surface area (Å²) in [5.74, 6) is -0.522. The predicted octanol–water partition coefficient (Wildman–Crippen LogP) is 4.10. The number of nitrogens with zero attached hydrogens (tertiary/aromatic N) is 2. The second kappa shape index (κ2) is 7.87. The van der Waals surface area contributed by atoms with E-state index in [1.54, 1.807) is 12.1 Å². The monoisotopic (exact) mass is 446 g/mol. The lowest BCUT2D eigenvalue weighted by molar-refractivity contribution is -0.137. The van der Waals surface area contributed by atoms with Crippen molar-refractivity contribution in [1.82, 2.24) is 0 Å². The lowest BCUT2D eigenvalue weighted by atomic mass is 10.0. The third-order valence-corrected chi connectivity index (χ3v) is 6.10. The van der Waals surface area contributed by atoms with Crippen LogP contribution in [0.5, 0.6) is 0 Å². The SMILES string of the molecule is CS(=O)(=O)N(CC(=O)N1CCCc2ccccc21)c1ccc(Cl)c(C(F)(F)F)c1. The molecule has 2 aromatic carbocycles. The van der Waals surface area contributed by atoms with Crippen LogP contribution in [0.3, 0.4) is 0 Å². The summed E-state index contributed by atoms with van der Waals surface area (Å²) in [6, 6.07) is 10.0.